The van der Waals surface area contributed by atoms with Gasteiger partial charge in [0.25, 0.3) is 0 Å². The molecule has 0 bridgehead atoms. The number of amides is 2. The highest BCUT2D eigenvalue weighted by Crippen LogP contribution is 2.20. The number of nitrogens with one attached hydrogen (secondary N) is 1. The molecule has 5 nitrogen and oxygen atoms in total. The van der Waals surface area contributed by atoms with Gasteiger partial charge in [0.2, 0.25) is 11.8 Å². The summed E-state index contributed by atoms with van der Waals surface area (Å²) < 4.78 is 5.23. The van der Waals surface area contributed by atoms with Crippen LogP contribution in [0, 0.1) is 6.92 Å². The first kappa shape index (κ1) is 21.9. The summed E-state index contributed by atoms with van der Waals surface area (Å²) in [5.74, 6) is 0.645. The molecule has 160 valence electrons. The minimum Gasteiger partial charge on any atom is -0.497 e. The molecule has 1 aliphatic rings. The molecule has 5 heteroatoms. The second-order valence-electron chi connectivity index (χ2n) is 8.14. The van der Waals surface area contributed by atoms with Crippen molar-refractivity contribution in [2.45, 2.75) is 64.6 Å². The zero-order valence-electron chi connectivity index (χ0n) is 18.2. The number of nitrogens with zero attached hydrogens (tertiary/aromatic N) is 1. The number of ether oxygens (including phenoxy) is 1. The summed E-state index contributed by atoms with van der Waals surface area (Å²) >= 11 is 0. The molecule has 2 aromatic rings. The molecule has 2 amide bonds. The van der Waals surface area contributed by atoms with Crippen LogP contribution in [0.15, 0.2) is 48.5 Å². The van der Waals surface area contributed by atoms with Crippen molar-refractivity contribution in [3.8, 4) is 5.75 Å². The first-order valence-corrected chi connectivity index (χ1v) is 10.7. The van der Waals surface area contributed by atoms with Gasteiger partial charge in [-0.25, -0.2) is 0 Å². The Morgan fingerprint density at radius 3 is 2.40 bits per heavy atom. The SMILES string of the molecule is COc1ccc(CN(C(=O)Cc2ccccc2C)C(C)C(=O)NC2CCCC2)cc1. The third-order valence-corrected chi connectivity index (χ3v) is 5.98. The Labute approximate surface area is 179 Å². The smallest absolute Gasteiger partial charge is 0.242 e. The highest BCUT2D eigenvalue weighted by molar-refractivity contribution is 5.88. The summed E-state index contributed by atoms with van der Waals surface area (Å²) in [5.41, 5.74) is 3.04. The van der Waals surface area contributed by atoms with Crippen LogP contribution in [0.1, 0.15) is 49.3 Å². The molecular weight excluding hydrogens is 376 g/mol. The Morgan fingerprint density at radius 1 is 1.10 bits per heavy atom. The highest BCUT2D eigenvalue weighted by atomic mass is 16.5. The van der Waals surface area contributed by atoms with Gasteiger partial charge < -0.3 is 15.0 Å². The van der Waals surface area contributed by atoms with E-state index in [-0.39, 0.29) is 24.3 Å². The zero-order chi connectivity index (χ0) is 21.5. The van der Waals surface area contributed by atoms with Gasteiger partial charge in [-0.2, -0.15) is 0 Å². The molecule has 30 heavy (non-hydrogen) atoms. The van der Waals surface area contributed by atoms with Crippen molar-refractivity contribution in [2.75, 3.05) is 7.11 Å². The van der Waals surface area contributed by atoms with Gasteiger partial charge >= 0.3 is 0 Å². The third kappa shape index (κ3) is 5.62. The minimum absolute atomic E-state index is 0.0470. The number of carbonyl (C=O) groups excluding carboxylic acids is 2. The molecule has 0 saturated heterocycles. The highest BCUT2D eigenvalue weighted by Gasteiger charge is 2.28. The standard InChI is InChI=1S/C25H32N2O3/c1-18-8-4-5-9-21(18)16-24(28)27(17-20-12-14-23(30-3)15-13-20)19(2)25(29)26-22-10-6-7-11-22/h4-5,8-9,12-15,19,22H,6-7,10-11,16-17H2,1-3H3,(H,26,29). The molecule has 1 unspecified atom stereocenters. The molecule has 2 aromatic carbocycles. The predicted octanol–water partition coefficient (Wildman–Crippen LogP) is 4.02. The van der Waals surface area contributed by atoms with E-state index in [4.69, 9.17) is 4.74 Å². The van der Waals surface area contributed by atoms with E-state index in [0.29, 0.717) is 6.54 Å². The van der Waals surface area contributed by atoms with Crippen LogP contribution < -0.4 is 10.1 Å². The fourth-order valence-corrected chi connectivity index (χ4v) is 3.98. The third-order valence-electron chi connectivity index (χ3n) is 5.98. The van der Waals surface area contributed by atoms with Crippen LogP contribution in [0.3, 0.4) is 0 Å². The maximum Gasteiger partial charge on any atom is 0.242 e. The zero-order valence-corrected chi connectivity index (χ0v) is 18.2. The lowest BCUT2D eigenvalue weighted by Crippen LogP contribution is -2.50. The topological polar surface area (TPSA) is 58.6 Å². The molecule has 0 spiro atoms. The predicted molar refractivity (Wildman–Crippen MR) is 118 cm³/mol. The first-order valence-electron chi connectivity index (χ1n) is 10.7. The molecule has 0 radical (unpaired) electrons. The Hall–Kier alpha value is -2.82. The largest absolute Gasteiger partial charge is 0.497 e. The fourth-order valence-electron chi connectivity index (χ4n) is 3.98. The van der Waals surface area contributed by atoms with Crippen LogP contribution in [-0.2, 0) is 22.6 Å². The van der Waals surface area contributed by atoms with Crippen LogP contribution in [0.5, 0.6) is 5.75 Å². The summed E-state index contributed by atoms with van der Waals surface area (Å²) in [5, 5.41) is 3.14. The van der Waals surface area contributed by atoms with E-state index in [1.165, 1.54) is 0 Å². The minimum atomic E-state index is -0.538. The van der Waals surface area contributed by atoms with Gasteiger partial charge in [0.1, 0.15) is 11.8 Å². The monoisotopic (exact) mass is 408 g/mol. The van der Waals surface area contributed by atoms with Crippen LogP contribution in [0.25, 0.3) is 0 Å². The molecule has 3 rings (SSSR count). The van der Waals surface area contributed by atoms with Crippen LogP contribution >= 0.6 is 0 Å². The number of benzene rings is 2. The lowest BCUT2D eigenvalue weighted by atomic mass is 10.0. The van der Waals surface area contributed by atoms with E-state index >= 15 is 0 Å². The summed E-state index contributed by atoms with van der Waals surface area (Å²) in [6, 6.07) is 15.2. The van der Waals surface area contributed by atoms with Crippen molar-refractivity contribution in [2.24, 2.45) is 0 Å². The number of aryl methyl sites for hydroxylation is 1. The molecule has 1 fully saturated rings. The van der Waals surface area contributed by atoms with Crippen molar-refractivity contribution in [3.63, 3.8) is 0 Å². The van der Waals surface area contributed by atoms with E-state index < -0.39 is 6.04 Å². The summed E-state index contributed by atoms with van der Waals surface area (Å²) in [4.78, 5) is 27.9. The molecule has 1 N–H and O–H groups in total. The Balaban J connectivity index is 1.77. The molecule has 1 aliphatic carbocycles. The van der Waals surface area contributed by atoms with Gasteiger partial charge in [-0.15, -0.1) is 0 Å². The lowest BCUT2D eigenvalue weighted by molar-refractivity contribution is -0.140. The number of hydrogen-bond acceptors (Lipinski definition) is 3. The summed E-state index contributed by atoms with van der Waals surface area (Å²) in [6.07, 6.45) is 4.63. The molecule has 0 aromatic heterocycles. The number of rotatable bonds is 8. The second kappa shape index (κ2) is 10.3. The van der Waals surface area contributed by atoms with Crippen LogP contribution in [0.2, 0.25) is 0 Å². The van der Waals surface area contributed by atoms with Gasteiger partial charge in [0.05, 0.1) is 13.5 Å². The number of methoxy groups -OCH3 is 1. The maximum atomic E-state index is 13.3. The number of hydrogen-bond donors (Lipinski definition) is 1. The van der Waals surface area contributed by atoms with Crippen LogP contribution in [-0.4, -0.2) is 35.9 Å². The van der Waals surface area contributed by atoms with E-state index in [0.717, 1.165) is 48.1 Å². The van der Waals surface area contributed by atoms with Crippen molar-refractivity contribution in [1.29, 1.82) is 0 Å². The van der Waals surface area contributed by atoms with Gasteiger partial charge in [-0.3, -0.25) is 9.59 Å². The molecular formula is C25H32N2O3. The fraction of sp³-hybridized carbons (Fsp3) is 0.440. The van der Waals surface area contributed by atoms with Crippen molar-refractivity contribution < 1.29 is 14.3 Å². The van der Waals surface area contributed by atoms with Crippen molar-refractivity contribution in [3.05, 3.63) is 65.2 Å². The normalized spacial score (nSPS) is 14.9. The van der Waals surface area contributed by atoms with Gasteiger partial charge in [0.15, 0.2) is 0 Å². The van der Waals surface area contributed by atoms with Crippen molar-refractivity contribution in [1.82, 2.24) is 10.2 Å². The first-order chi connectivity index (χ1) is 14.5. The quantitative estimate of drug-likeness (QED) is 0.718. The molecule has 1 atom stereocenters. The van der Waals surface area contributed by atoms with E-state index in [1.54, 1.807) is 12.0 Å². The summed E-state index contributed by atoms with van der Waals surface area (Å²) in [6.45, 7) is 4.21. The number of carbonyl (C=O) groups is 2. The molecule has 0 heterocycles. The van der Waals surface area contributed by atoms with E-state index in [2.05, 4.69) is 5.32 Å². The van der Waals surface area contributed by atoms with Gasteiger partial charge in [-0.05, 0) is 55.5 Å². The average Bonchev–Trinajstić information content (AvgIpc) is 3.26. The molecule has 1 saturated carbocycles. The van der Waals surface area contributed by atoms with Gasteiger partial charge in [-0.1, -0.05) is 49.2 Å². The van der Waals surface area contributed by atoms with E-state index in [1.807, 2.05) is 62.4 Å². The van der Waals surface area contributed by atoms with Crippen molar-refractivity contribution >= 4 is 11.8 Å². The molecule has 0 aliphatic heterocycles. The van der Waals surface area contributed by atoms with Gasteiger partial charge in [0, 0.05) is 12.6 Å². The van der Waals surface area contributed by atoms with Crippen LogP contribution in [0.4, 0.5) is 0 Å². The lowest BCUT2D eigenvalue weighted by Gasteiger charge is -2.30. The average molecular weight is 409 g/mol. The Morgan fingerprint density at radius 2 is 1.77 bits per heavy atom. The maximum absolute atomic E-state index is 13.3. The Bertz CT molecular complexity index is 857. The Kier molecular flexibility index (Phi) is 7.50. The summed E-state index contributed by atoms with van der Waals surface area (Å²) in [7, 11) is 1.63. The van der Waals surface area contributed by atoms with E-state index in [9.17, 15) is 9.59 Å². The second-order valence-corrected chi connectivity index (χ2v) is 8.14.